The van der Waals surface area contributed by atoms with Gasteiger partial charge in [0.2, 0.25) is 0 Å². The van der Waals surface area contributed by atoms with Gasteiger partial charge in [-0.25, -0.2) is 0 Å². The van der Waals surface area contributed by atoms with Crippen LogP contribution in [0.3, 0.4) is 0 Å². The van der Waals surface area contributed by atoms with Crippen molar-refractivity contribution >= 4 is 11.6 Å². The average molecular weight is 273 g/mol. The third-order valence-electron chi connectivity index (χ3n) is 2.67. The zero-order valence-corrected chi connectivity index (χ0v) is 12.0. The van der Waals surface area contributed by atoms with Crippen LogP contribution in [0.15, 0.2) is 42.7 Å². The SMILES string of the molecule is CC(C)(C)n1cc(NC(=O)COc2ccccc2)cn1. The maximum atomic E-state index is 11.8. The number of para-hydroxylation sites is 1. The largest absolute Gasteiger partial charge is 0.484 e. The van der Waals surface area contributed by atoms with E-state index in [1.807, 2.05) is 51.1 Å². The molecule has 106 valence electrons. The first-order valence-electron chi connectivity index (χ1n) is 6.48. The minimum atomic E-state index is -0.206. The molecule has 1 N–H and O–H groups in total. The Morgan fingerprint density at radius 2 is 2.00 bits per heavy atom. The second kappa shape index (κ2) is 5.77. The molecule has 0 saturated carbocycles. The van der Waals surface area contributed by atoms with Gasteiger partial charge in [-0.05, 0) is 32.9 Å². The van der Waals surface area contributed by atoms with Crippen molar-refractivity contribution in [1.82, 2.24) is 9.78 Å². The number of nitrogens with zero attached hydrogens (tertiary/aromatic N) is 2. The fourth-order valence-corrected chi connectivity index (χ4v) is 1.62. The quantitative estimate of drug-likeness (QED) is 0.931. The number of ether oxygens (including phenoxy) is 1. The summed E-state index contributed by atoms with van der Waals surface area (Å²) in [4.78, 5) is 11.8. The van der Waals surface area contributed by atoms with Crippen LogP contribution < -0.4 is 10.1 Å². The number of carbonyl (C=O) groups is 1. The van der Waals surface area contributed by atoms with Crippen molar-refractivity contribution in [3.63, 3.8) is 0 Å². The third-order valence-corrected chi connectivity index (χ3v) is 2.67. The van der Waals surface area contributed by atoms with Crippen molar-refractivity contribution in [3.8, 4) is 5.75 Å². The first kappa shape index (κ1) is 14.1. The molecule has 20 heavy (non-hydrogen) atoms. The lowest BCUT2D eigenvalue weighted by molar-refractivity contribution is -0.118. The van der Waals surface area contributed by atoms with E-state index in [9.17, 15) is 4.79 Å². The molecule has 0 fully saturated rings. The molecule has 2 rings (SSSR count). The van der Waals surface area contributed by atoms with Crippen LogP contribution in [0.25, 0.3) is 0 Å². The molecule has 0 atom stereocenters. The highest BCUT2D eigenvalue weighted by Crippen LogP contribution is 2.15. The molecule has 0 aliphatic carbocycles. The topological polar surface area (TPSA) is 56.2 Å². The number of hydrogen-bond donors (Lipinski definition) is 1. The van der Waals surface area contributed by atoms with Crippen molar-refractivity contribution in [2.75, 3.05) is 11.9 Å². The summed E-state index contributed by atoms with van der Waals surface area (Å²) in [5.41, 5.74) is 0.561. The molecule has 0 unspecified atom stereocenters. The van der Waals surface area contributed by atoms with Crippen LogP contribution >= 0.6 is 0 Å². The number of nitrogens with one attached hydrogen (secondary N) is 1. The molecular weight excluding hydrogens is 254 g/mol. The van der Waals surface area contributed by atoms with Crippen LogP contribution in [-0.2, 0) is 10.3 Å². The molecule has 0 aliphatic heterocycles. The van der Waals surface area contributed by atoms with Gasteiger partial charge in [0, 0.05) is 6.20 Å². The number of hydrogen-bond acceptors (Lipinski definition) is 3. The van der Waals surface area contributed by atoms with Crippen LogP contribution in [0, 0.1) is 0 Å². The Balaban J connectivity index is 1.87. The van der Waals surface area contributed by atoms with Gasteiger partial charge in [-0.2, -0.15) is 5.10 Å². The second-order valence-electron chi connectivity index (χ2n) is 5.49. The van der Waals surface area contributed by atoms with Gasteiger partial charge in [0.15, 0.2) is 6.61 Å². The Bertz CT molecular complexity index is 570. The van der Waals surface area contributed by atoms with E-state index in [-0.39, 0.29) is 18.1 Å². The smallest absolute Gasteiger partial charge is 0.262 e. The van der Waals surface area contributed by atoms with Gasteiger partial charge in [-0.15, -0.1) is 0 Å². The molecule has 0 saturated heterocycles. The maximum absolute atomic E-state index is 11.8. The van der Waals surface area contributed by atoms with E-state index in [1.165, 1.54) is 0 Å². The number of rotatable bonds is 4. The van der Waals surface area contributed by atoms with Crippen LogP contribution in [0.5, 0.6) is 5.75 Å². The van der Waals surface area contributed by atoms with E-state index in [1.54, 1.807) is 17.1 Å². The Morgan fingerprint density at radius 3 is 2.60 bits per heavy atom. The molecule has 1 aromatic carbocycles. The summed E-state index contributed by atoms with van der Waals surface area (Å²) in [6.45, 7) is 6.11. The summed E-state index contributed by atoms with van der Waals surface area (Å²) >= 11 is 0. The zero-order chi connectivity index (χ0) is 14.6. The summed E-state index contributed by atoms with van der Waals surface area (Å²) in [5, 5.41) is 6.98. The summed E-state index contributed by atoms with van der Waals surface area (Å²) in [7, 11) is 0. The first-order chi connectivity index (χ1) is 9.45. The zero-order valence-electron chi connectivity index (χ0n) is 12.0. The molecule has 1 amide bonds. The van der Waals surface area contributed by atoms with Crippen LogP contribution in [0.4, 0.5) is 5.69 Å². The normalized spacial score (nSPS) is 11.2. The predicted molar refractivity (Wildman–Crippen MR) is 77.8 cm³/mol. The van der Waals surface area contributed by atoms with E-state index in [2.05, 4.69) is 10.4 Å². The van der Waals surface area contributed by atoms with Crippen molar-refractivity contribution in [2.24, 2.45) is 0 Å². The lowest BCUT2D eigenvalue weighted by atomic mass is 10.1. The molecule has 0 aliphatic rings. The Kier molecular flexibility index (Phi) is 4.08. The highest BCUT2D eigenvalue weighted by molar-refractivity contribution is 5.91. The lowest BCUT2D eigenvalue weighted by Crippen LogP contribution is -2.22. The van der Waals surface area contributed by atoms with E-state index in [0.717, 1.165) is 0 Å². The summed E-state index contributed by atoms with van der Waals surface area (Å²) < 4.78 is 7.18. The molecule has 2 aromatic rings. The van der Waals surface area contributed by atoms with Crippen molar-refractivity contribution in [3.05, 3.63) is 42.7 Å². The summed E-state index contributed by atoms with van der Waals surface area (Å²) in [6.07, 6.45) is 3.44. The molecule has 0 bridgehead atoms. The minimum Gasteiger partial charge on any atom is -0.484 e. The van der Waals surface area contributed by atoms with Gasteiger partial charge in [0.05, 0.1) is 17.4 Å². The van der Waals surface area contributed by atoms with Crippen molar-refractivity contribution in [1.29, 1.82) is 0 Å². The molecule has 0 radical (unpaired) electrons. The molecule has 0 spiro atoms. The van der Waals surface area contributed by atoms with Crippen molar-refractivity contribution < 1.29 is 9.53 Å². The fraction of sp³-hybridized carbons (Fsp3) is 0.333. The predicted octanol–water partition coefficient (Wildman–Crippen LogP) is 2.66. The number of aromatic nitrogens is 2. The summed E-state index contributed by atoms with van der Waals surface area (Å²) in [5.74, 6) is 0.468. The van der Waals surface area contributed by atoms with Gasteiger partial charge in [0.25, 0.3) is 5.91 Å². The van der Waals surface area contributed by atoms with Crippen LogP contribution in [0.2, 0.25) is 0 Å². The second-order valence-corrected chi connectivity index (χ2v) is 5.49. The number of amides is 1. The van der Waals surface area contributed by atoms with Crippen LogP contribution in [0.1, 0.15) is 20.8 Å². The maximum Gasteiger partial charge on any atom is 0.262 e. The Hall–Kier alpha value is -2.30. The fourth-order valence-electron chi connectivity index (χ4n) is 1.62. The van der Waals surface area contributed by atoms with Crippen molar-refractivity contribution in [2.45, 2.75) is 26.3 Å². The molecule has 5 nitrogen and oxygen atoms in total. The number of anilines is 1. The van der Waals surface area contributed by atoms with Crippen LogP contribution in [-0.4, -0.2) is 22.3 Å². The standard InChI is InChI=1S/C15H19N3O2/c1-15(2,3)18-10-12(9-16-18)17-14(19)11-20-13-7-5-4-6-8-13/h4-10H,11H2,1-3H3,(H,17,19). The molecule has 5 heteroatoms. The highest BCUT2D eigenvalue weighted by atomic mass is 16.5. The first-order valence-corrected chi connectivity index (χ1v) is 6.48. The van der Waals surface area contributed by atoms with Gasteiger partial charge < -0.3 is 10.1 Å². The van der Waals surface area contributed by atoms with Gasteiger partial charge in [-0.1, -0.05) is 18.2 Å². The lowest BCUT2D eigenvalue weighted by Gasteiger charge is -2.18. The Morgan fingerprint density at radius 1 is 1.30 bits per heavy atom. The molecular formula is C15H19N3O2. The molecule has 1 aromatic heterocycles. The van der Waals surface area contributed by atoms with Gasteiger partial charge in [-0.3, -0.25) is 9.48 Å². The average Bonchev–Trinajstić information content (AvgIpc) is 2.86. The summed E-state index contributed by atoms with van der Waals surface area (Å²) in [6, 6.07) is 9.24. The monoisotopic (exact) mass is 273 g/mol. The highest BCUT2D eigenvalue weighted by Gasteiger charge is 2.14. The van der Waals surface area contributed by atoms with E-state index in [0.29, 0.717) is 11.4 Å². The number of carbonyl (C=O) groups excluding carboxylic acids is 1. The van der Waals surface area contributed by atoms with E-state index >= 15 is 0 Å². The van der Waals surface area contributed by atoms with Gasteiger partial charge >= 0.3 is 0 Å². The third kappa shape index (κ3) is 3.85. The number of benzene rings is 1. The van der Waals surface area contributed by atoms with E-state index < -0.39 is 0 Å². The molecule has 1 heterocycles. The van der Waals surface area contributed by atoms with Gasteiger partial charge in [0.1, 0.15) is 5.75 Å². The van der Waals surface area contributed by atoms with E-state index in [4.69, 9.17) is 4.74 Å². The Labute approximate surface area is 118 Å². The minimum absolute atomic E-state index is 0.0231.